The molecule has 4 aromatic rings. The minimum absolute atomic E-state index is 0.243. The van der Waals surface area contributed by atoms with E-state index in [4.69, 9.17) is 4.74 Å². The molecule has 7 nitrogen and oxygen atoms in total. The third kappa shape index (κ3) is 3.88. The summed E-state index contributed by atoms with van der Waals surface area (Å²) in [6.45, 7) is 4.21. The Bertz CT molecular complexity index is 1210. The van der Waals surface area contributed by atoms with Crippen LogP contribution in [0.15, 0.2) is 75.0 Å². The van der Waals surface area contributed by atoms with Crippen LogP contribution < -0.4 is 10.3 Å². The third-order valence-electron chi connectivity index (χ3n) is 4.22. The molecule has 0 aliphatic carbocycles. The van der Waals surface area contributed by atoms with Crippen LogP contribution in [0.5, 0.6) is 5.75 Å². The van der Waals surface area contributed by atoms with Crippen molar-refractivity contribution in [3.05, 3.63) is 76.0 Å². The molecule has 0 radical (unpaired) electrons. The van der Waals surface area contributed by atoms with Crippen LogP contribution >= 0.6 is 11.3 Å². The Morgan fingerprint density at radius 1 is 1.10 bits per heavy atom. The molecule has 1 N–H and O–H groups in total. The van der Waals surface area contributed by atoms with E-state index in [1.807, 2.05) is 60.8 Å². The summed E-state index contributed by atoms with van der Waals surface area (Å²) in [6.07, 6.45) is 0. The molecular formula is C21H19N5O2S. The lowest BCUT2D eigenvalue weighted by molar-refractivity contribution is 0.341. The van der Waals surface area contributed by atoms with E-state index in [-0.39, 0.29) is 11.2 Å². The van der Waals surface area contributed by atoms with Gasteiger partial charge < -0.3 is 4.74 Å². The summed E-state index contributed by atoms with van der Waals surface area (Å²) >= 11 is 1.39. The van der Waals surface area contributed by atoms with Crippen LogP contribution in [0.25, 0.3) is 16.4 Å². The van der Waals surface area contributed by atoms with Crippen molar-refractivity contribution in [3.63, 3.8) is 0 Å². The third-order valence-corrected chi connectivity index (χ3v) is 5.04. The highest BCUT2D eigenvalue weighted by Gasteiger charge is 2.15. The Hall–Kier alpha value is -3.52. The van der Waals surface area contributed by atoms with Crippen LogP contribution in [0.3, 0.4) is 0 Å². The molecule has 146 valence electrons. The van der Waals surface area contributed by atoms with E-state index in [1.165, 1.54) is 16.0 Å². The monoisotopic (exact) mass is 405 g/mol. The number of thiazole rings is 1. The van der Waals surface area contributed by atoms with Gasteiger partial charge in [-0.2, -0.15) is 4.68 Å². The zero-order valence-electron chi connectivity index (χ0n) is 16.0. The van der Waals surface area contributed by atoms with Crippen molar-refractivity contribution in [1.82, 2.24) is 14.8 Å². The molecule has 0 fully saturated rings. The van der Waals surface area contributed by atoms with Crippen molar-refractivity contribution < 1.29 is 4.74 Å². The minimum Gasteiger partial charge on any atom is -0.492 e. The van der Waals surface area contributed by atoms with Gasteiger partial charge in [0.2, 0.25) is 5.13 Å². The number of aryl methyl sites for hydroxylation is 1. The smallest absolute Gasteiger partial charge is 0.301 e. The molecule has 2 aromatic carbocycles. The van der Waals surface area contributed by atoms with Gasteiger partial charge in [0, 0.05) is 10.9 Å². The minimum atomic E-state index is -0.297. The fourth-order valence-corrected chi connectivity index (χ4v) is 3.61. The highest BCUT2D eigenvalue weighted by atomic mass is 32.1. The Balaban J connectivity index is 1.66. The number of H-pyrrole nitrogens is 1. The summed E-state index contributed by atoms with van der Waals surface area (Å²) in [5.74, 6) is 0.625. The lowest BCUT2D eigenvalue weighted by Gasteiger charge is -2.04. The maximum absolute atomic E-state index is 12.9. The van der Waals surface area contributed by atoms with Crippen LogP contribution in [-0.2, 0) is 0 Å². The average Bonchev–Trinajstić information content (AvgIpc) is 3.33. The molecule has 0 saturated carbocycles. The Kier molecular flexibility index (Phi) is 5.35. The molecule has 0 unspecified atom stereocenters. The Morgan fingerprint density at radius 2 is 1.86 bits per heavy atom. The second kappa shape index (κ2) is 8.24. The normalized spacial score (nSPS) is 11.2. The number of nitrogens with zero attached hydrogens (tertiary/aromatic N) is 4. The number of hydrogen-bond acceptors (Lipinski definition) is 6. The van der Waals surface area contributed by atoms with E-state index >= 15 is 0 Å². The number of benzene rings is 2. The topological polar surface area (TPSA) is 84.6 Å². The number of azo groups is 1. The van der Waals surface area contributed by atoms with Gasteiger partial charge in [0.15, 0.2) is 5.69 Å². The molecule has 2 aromatic heterocycles. The summed E-state index contributed by atoms with van der Waals surface area (Å²) in [5, 5.41) is 13.9. The van der Waals surface area contributed by atoms with Crippen molar-refractivity contribution in [1.29, 1.82) is 0 Å². The highest BCUT2D eigenvalue weighted by molar-refractivity contribution is 7.12. The maximum Gasteiger partial charge on any atom is 0.301 e. The average molecular weight is 405 g/mol. The summed E-state index contributed by atoms with van der Waals surface area (Å²) in [7, 11) is 0. The predicted molar refractivity (Wildman–Crippen MR) is 114 cm³/mol. The van der Waals surface area contributed by atoms with Gasteiger partial charge in [-0.05, 0) is 26.0 Å². The Labute approximate surface area is 171 Å². The predicted octanol–water partition coefficient (Wildman–Crippen LogP) is 5.41. The van der Waals surface area contributed by atoms with Gasteiger partial charge in [0.05, 0.1) is 18.0 Å². The van der Waals surface area contributed by atoms with Gasteiger partial charge in [-0.25, -0.2) is 4.98 Å². The van der Waals surface area contributed by atoms with Crippen LogP contribution in [0.1, 0.15) is 12.6 Å². The molecule has 0 bridgehead atoms. The van der Waals surface area contributed by atoms with E-state index in [0.717, 1.165) is 11.3 Å². The first kappa shape index (κ1) is 18.8. The van der Waals surface area contributed by atoms with E-state index in [9.17, 15) is 4.79 Å². The van der Waals surface area contributed by atoms with Crippen LogP contribution in [0.4, 0.5) is 11.4 Å². The molecule has 0 aliphatic rings. The van der Waals surface area contributed by atoms with Crippen molar-refractivity contribution in [2.24, 2.45) is 10.2 Å². The molecule has 0 spiro atoms. The fourth-order valence-electron chi connectivity index (χ4n) is 2.82. The van der Waals surface area contributed by atoms with Gasteiger partial charge in [-0.3, -0.25) is 9.89 Å². The molecule has 0 amide bonds. The van der Waals surface area contributed by atoms with Crippen LogP contribution in [0.2, 0.25) is 0 Å². The largest absolute Gasteiger partial charge is 0.492 e. The number of aromatic nitrogens is 3. The van der Waals surface area contributed by atoms with Gasteiger partial charge in [-0.1, -0.05) is 42.5 Å². The summed E-state index contributed by atoms with van der Waals surface area (Å²) < 4.78 is 6.95. The molecule has 0 aliphatic heterocycles. The number of rotatable bonds is 6. The maximum atomic E-state index is 12.9. The summed E-state index contributed by atoms with van der Waals surface area (Å²) in [5.41, 5.74) is 2.95. The second-order valence-corrected chi connectivity index (χ2v) is 7.04. The van der Waals surface area contributed by atoms with E-state index < -0.39 is 0 Å². The van der Waals surface area contributed by atoms with Gasteiger partial charge in [0.1, 0.15) is 11.4 Å². The quantitative estimate of drug-likeness (QED) is 0.435. The van der Waals surface area contributed by atoms with Crippen LogP contribution in [-0.4, -0.2) is 21.4 Å². The first-order valence-corrected chi connectivity index (χ1v) is 10.0. The van der Waals surface area contributed by atoms with E-state index in [2.05, 4.69) is 20.3 Å². The number of hydrogen-bond donors (Lipinski definition) is 1. The lowest BCUT2D eigenvalue weighted by atomic mass is 10.2. The first-order valence-electron chi connectivity index (χ1n) is 9.14. The van der Waals surface area contributed by atoms with Crippen molar-refractivity contribution in [2.75, 3.05) is 6.61 Å². The fraction of sp³-hybridized carbons (Fsp3) is 0.143. The second-order valence-electron chi connectivity index (χ2n) is 6.21. The molecule has 0 atom stereocenters. The molecular weight excluding hydrogens is 386 g/mol. The molecule has 4 rings (SSSR count). The van der Waals surface area contributed by atoms with Gasteiger partial charge >= 0.3 is 5.56 Å². The van der Waals surface area contributed by atoms with E-state index in [0.29, 0.717) is 28.9 Å². The summed E-state index contributed by atoms with van der Waals surface area (Å²) in [4.78, 5) is 17.5. The van der Waals surface area contributed by atoms with Gasteiger partial charge in [-0.15, -0.1) is 21.6 Å². The highest BCUT2D eigenvalue weighted by Crippen LogP contribution is 2.29. The SMILES string of the molecule is CCOc1ccccc1N=Nc1c(C)[nH]n(-c2nc(-c3ccccc3)cs2)c1=O. The standard InChI is InChI=1S/C21H19N5O2S/c1-3-28-18-12-8-7-11-16(18)23-24-19-14(2)25-26(20(19)27)21-22-17(13-29-21)15-9-5-4-6-10-15/h4-13,25H,3H2,1-2H3. The zero-order chi connectivity index (χ0) is 20.2. The van der Waals surface area contributed by atoms with Gasteiger partial charge in [0.25, 0.3) is 0 Å². The zero-order valence-corrected chi connectivity index (χ0v) is 16.8. The van der Waals surface area contributed by atoms with Crippen molar-refractivity contribution in [2.45, 2.75) is 13.8 Å². The molecule has 8 heteroatoms. The first-order chi connectivity index (χ1) is 14.2. The Morgan fingerprint density at radius 3 is 2.66 bits per heavy atom. The number of nitrogens with one attached hydrogen (secondary N) is 1. The number of ether oxygens (including phenoxy) is 1. The summed E-state index contributed by atoms with van der Waals surface area (Å²) in [6, 6.07) is 17.2. The number of para-hydroxylation sites is 1. The molecule has 29 heavy (non-hydrogen) atoms. The lowest BCUT2D eigenvalue weighted by Crippen LogP contribution is -2.13. The molecule has 0 saturated heterocycles. The van der Waals surface area contributed by atoms with E-state index in [1.54, 1.807) is 13.0 Å². The number of aromatic amines is 1. The van der Waals surface area contributed by atoms with Crippen LogP contribution in [0, 0.1) is 6.92 Å². The van der Waals surface area contributed by atoms with Crippen molar-refractivity contribution in [3.8, 4) is 22.1 Å². The molecule has 2 heterocycles. The van der Waals surface area contributed by atoms with Crippen molar-refractivity contribution >= 4 is 22.7 Å².